The molecule has 0 bridgehead atoms. The lowest BCUT2D eigenvalue weighted by Gasteiger charge is -2.14. The van der Waals surface area contributed by atoms with Crippen molar-refractivity contribution >= 4 is 5.96 Å². The highest BCUT2D eigenvalue weighted by Gasteiger charge is 2.11. The van der Waals surface area contributed by atoms with E-state index in [9.17, 15) is 9.50 Å². The average Bonchev–Trinajstić information content (AvgIpc) is 2.64. The van der Waals surface area contributed by atoms with Gasteiger partial charge in [-0.1, -0.05) is 12.1 Å². The van der Waals surface area contributed by atoms with Crippen LogP contribution in [0.1, 0.15) is 11.1 Å². The van der Waals surface area contributed by atoms with E-state index in [1.165, 1.54) is 26.4 Å². The first kappa shape index (κ1) is 18.4. The van der Waals surface area contributed by atoms with E-state index in [1.54, 1.807) is 31.3 Å². The molecule has 134 valence electrons. The van der Waals surface area contributed by atoms with Crippen molar-refractivity contribution in [1.29, 1.82) is 0 Å². The summed E-state index contributed by atoms with van der Waals surface area (Å²) in [5.74, 6) is 0.972. The fourth-order valence-corrected chi connectivity index (χ4v) is 2.24. The van der Waals surface area contributed by atoms with E-state index in [1.807, 2.05) is 0 Å². The second-order valence-electron chi connectivity index (χ2n) is 5.25. The molecule has 2 aromatic carbocycles. The van der Waals surface area contributed by atoms with Crippen molar-refractivity contribution in [2.24, 2.45) is 4.99 Å². The highest BCUT2D eigenvalue weighted by Crippen LogP contribution is 2.36. The molecule has 0 saturated heterocycles. The predicted molar refractivity (Wildman–Crippen MR) is 94.6 cm³/mol. The molecule has 0 aromatic heterocycles. The highest BCUT2D eigenvalue weighted by molar-refractivity contribution is 5.79. The SMILES string of the molecule is CN=C(NCc1ccc(F)cc1)NCc1cc(OC)c(O)c(OC)c1. The summed E-state index contributed by atoms with van der Waals surface area (Å²) in [4.78, 5) is 4.15. The standard InChI is InChI=1S/C18H22FN3O3/c1-20-18(21-10-12-4-6-14(19)7-5-12)22-11-13-8-15(24-2)17(23)16(9-13)25-3/h4-9,23H,10-11H2,1-3H3,(H2,20,21,22). The lowest BCUT2D eigenvalue weighted by molar-refractivity contribution is 0.339. The molecule has 0 heterocycles. The zero-order valence-electron chi connectivity index (χ0n) is 14.5. The number of rotatable bonds is 6. The number of hydrogen-bond donors (Lipinski definition) is 3. The van der Waals surface area contributed by atoms with Crippen molar-refractivity contribution < 1.29 is 19.0 Å². The molecule has 7 heteroatoms. The first-order valence-electron chi connectivity index (χ1n) is 7.70. The normalized spacial score (nSPS) is 11.1. The molecule has 25 heavy (non-hydrogen) atoms. The van der Waals surface area contributed by atoms with Gasteiger partial charge in [0.2, 0.25) is 5.75 Å². The molecule has 0 fully saturated rings. The Bertz CT molecular complexity index is 708. The van der Waals surface area contributed by atoms with E-state index in [0.29, 0.717) is 30.5 Å². The zero-order valence-corrected chi connectivity index (χ0v) is 14.5. The number of methoxy groups -OCH3 is 2. The number of phenols is 1. The third-order valence-electron chi connectivity index (χ3n) is 3.60. The molecule has 0 aliphatic carbocycles. The number of halogens is 1. The summed E-state index contributed by atoms with van der Waals surface area (Å²) in [5, 5.41) is 16.2. The number of nitrogens with zero attached hydrogens (tertiary/aromatic N) is 1. The fourth-order valence-electron chi connectivity index (χ4n) is 2.24. The van der Waals surface area contributed by atoms with Gasteiger partial charge in [0, 0.05) is 20.1 Å². The van der Waals surface area contributed by atoms with Crippen LogP contribution in [0.15, 0.2) is 41.4 Å². The number of ether oxygens (including phenoxy) is 2. The van der Waals surface area contributed by atoms with Gasteiger partial charge < -0.3 is 25.2 Å². The molecule has 0 saturated carbocycles. The van der Waals surface area contributed by atoms with Gasteiger partial charge in [-0.05, 0) is 35.4 Å². The van der Waals surface area contributed by atoms with Crippen LogP contribution in [-0.4, -0.2) is 32.3 Å². The van der Waals surface area contributed by atoms with Crippen LogP contribution in [0.5, 0.6) is 17.2 Å². The van der Waals surface area contributed by atoms with Crippen LogP contribution < -0.4 is 20.1 Å². The van der Waals surface area contributed by atoms with Gasteiger partial charge in [0.1, 0.15) is 5.82 Å². The quantitative estimate of drug-likeness (QED) is 0.553. The molecule has 0 aliphatic heterocycles. The van der Waals surface area contributed by atoms with Crippen molar-refractivity contribution in [3.8, 4) is 17.2 Å². The lowest BCUT2D eigenvalue weighted by Crippen LogP contribution is -2.36. The Labute approximate surface area is 146 Å². The van der Waals surface area contributed by atoms with Crippen molar-refractivity contribution in [1.82, 2.24) is 10.6 Å². The Morgan fingerprint density at radius 2 is 1.52 bits per heavy atom. The molecular formula is C18H22FN3O3. The molecule has 0 spiro atoms. The molecule has 0 amide bonds. The summed E-state index contributed by atoms with van der Waals surface area (Å²) < 4.78 is 23.2. The van der Waals surface area contributed by atoms with Crippen molar-refractivity contribution in [2.45, 2.75) is 13.1 Å². The average molecular weight is 347 g/mol. The summed E-state index contributed by atoms with van der Waals surface area (Å²) >= 11 is 0. The molecule has 6 nitrogen and oxygen atoms in total. The Morgan fingerprint density at radius 3 is 2.00 bits per heavy atom. The Kier molecular flexibility index (Phi) is 6.45. The van der Waals surface area contributed by atoms with Gasteiger partial charge in [-0.15, -0.1) is 0 Å². The van der Waals surface area contributed by atoms with Crippen LogP contribution in [0, 0.1) is 5.82 Å². The molecule has 0 radical (unpaired) electrons. The van der Waals surface area contributed by atoms with Gasteiger partial charge >= 0.3 is 0 Å². The monoisotopic (exact) mass is 347 g/mol. The van der Waals surface area contributed by atoms with Crippen LogP contribution in [0.2, 0.25) is 0 Å². The van der Waals surface area contributed by atoms with E-state index in [4.69, 9.17) is 9.47 Å². The van der Waals surface area contributed by atoms with E-state index in [-0.39, 0.29) is 11.6 Å². The zero-order chi connectivity index (χ0) is 18.2. The van der Waals surface area contributed by atoms with Crippen molar-refractivity contribution in [2.75, 3.05) is 21.3 Å². The molecule has 2 rings (SSSR count). The van der Waals surface area contributed by atoms with Crippen LogP contribution in [-0.2, 0) is 13.1 Å². The minimum Gasteiger partial charge on any atom is -0.502 e. The minimum atomic E-state index is -0.263. The van der Waals surface area contributed by atoms with Gasteiger partial charge in [0.05, 0.1) is 14.2 Å². The Hall–Kier alpha value is -2.96. The lowest BCUT2D eigenvalue weighted by atomic mass is 10.2. The summed E-state index contributed by atoms with van der Waals surface area (Å²) in [7, 11) is 4.63. The first-order valence-corrected chi connectivity index (χ1v) is 7.70. The van der Waals surface area contributed by atoms with E-state index >= 15 is 0 Å². The smallest absolute Gasteiger partial charge is 0.200 e. The van der Waals surface area contributed by atoms with Crippen LogP contribution in [0.4, 0.5) is 4.39 Å². The molecule has 3 N–H and O–H groups in total. The Morgan fingerprint density at radius 1 is 1.00 bits per heavy atom. The number of phenolic OH excluding ortho intramolecular Hbond substituents is 1. The highest BCUT2D eigenvalue weighted by atomic mass is 19.1. The summed E-state index contributed by atoms with van der Waals surface area (Å²) in [6, 6.07) is 9.71. The largest absolute Gasteiger partial charge is 0.502 e. The maximum Gasteiger partial charge on any atom is 0.200 e. The number of benzene rings is 2. The molecule has 0 aliphatic rings. The number of hydrogen-bond acceptors (Lipinski definition) is 4. The van der Waals surface area contributed by atoms with Gasteiger partial charge in [-0.2, -0.15) is 0 Å². The maximum atomic E-state index is 12.9. The van der Waals surface area contributed by atoms with Crippen LogP contribution in [0.25, 0.3) is 0 Å². The van der Waals surface area contributed by atoms with Crippen LogP contribution >= 0.6 is 0 Å². The summed E-state index contributed by atoms with van der Waals surface area (Å²) in [6.45, 7) is 0.971. The number of guanidine groups is 1. The maximum absolute atomic E-state index is 12.9. The minimum absolute atomic E-state index is 0.0347. The summed E-state index contributed by atoms with van der Waals surface area (Å²) in [6.07, 6.45) is 0. The van der Waals surface area contributed by atoms with E-state index < -0.39 is 0 Å². The van der Waals surface area contributed by atoms with Gasteiger partial charge in [-0.3, -0.25) is 4.99 Å². The van der Waals surface area contributed by atoms with E-state index in [0.717, 1.165) is 11.1 Å². The second kappa shape index (κ2) is 8.77. The number of aliphatic imine (C=N–C) groups is 1. The van der Waals surface area contributed by atoms with Gasteiger partial charge in [0.15, 0.2) is 17.5 Å². The molecule has 0 atom stereocenters. The third-order valence-corrected chi connectivity index (χ3v) is 3.60. The molecular weight excluding hydrogens is 325 g/mol. The first-order chi connectivity index (χ1) is 12.1. The topological polar surface area (TPSA) is 75.1 Å². The van der Waals surface area contributed by atoms with E-state index in [2.05, 4.69) is 15.6 Å². The fraction of sp³-hybridized carbons (Fsp3) is 0.278. The third kappa shape index (κ3) is 5.00. The van der Waals surface area contributed by atoms with Crippen molar-refractivity contribution in [3.05, 3.63) is 53.3 Å². The van der Waals surface area contributed by atoms with Gasteiger partial charge in [0.25, 0.3) is 0 Å². The summed E-state index contributed by atoms with van der Waals surface area (Å²) in [5.41, 5.74) is 1.80. The molecule has 0 unspecified atom stereocenters. The van der Waals surface area contributed by atoms with Crippen LogP contribution in [0.3, 0.4) is 0 Å². The van der Waals surface area contributed by atoms with Gasteiger partial charge in [-0.25, -0.2) is 4.39 Å². The Balaban J connectivity index is 1.97. The molecule has 2 aromatic rings. The van der Waals surface area contributed by atoms with Crippen molar-refractivity contribution in [3.63, 3.8) is 0 Å². The predicted octanol–water partition coefficient (Wildman–Crippen LogP) is 2.41. The second-order valence-corrected chi connectivity index (χ2v) is 5.25. The number of nitrogens with one attached hydrogen (secondary N) is 2. The number of aromatic hydroxyl groups is 1.